The topological polar surface area (TPSA) is 67.4 Å². The van der Waals surface area contributed by atoms with Crippen LogP contribution < -0.4 is 5.32 Å². The van der Waals surface area contributed by atoms with Gasteiger partial charge >= 0.3 is 5.97 Å². The Balaban J connectivity index is 2.24. The molecule has 0 aliphatic carbocycles. The van der Waals surface area contributed by atoms with E-state index in [4.69, 9.17) is 4.74 Å². The molecule has 0 saturated carbocycles. The Labute approximate surface area is 125 Å². The first kappa shape index (κ1) is 15.9. The van der Waals surface area contributed by atoms with E-state index in [0.29, 0.717) is 12.2 Å². The van der Waals surface area contributed by atoms with Crippen molar-refractivity contribution in [1.82, 2.24) is 20.2 Å². The van der Waals surface area contributed by atoms with Crippen molar-refractivity contribution in [2.45, 2.75) is 33.2 Å². The zero-order valence-corrected chi connectivity index (χ0v) is 13.1. The highest BCUT2D eigenvalue weighted by Crippen LogP contribution is 2.17. The van der Waals surface area contributed by atoms with Gasteiger partial charge in [-0.15, -0.1) is 0 Å². The number of nitrogens with one attached hydrogen (secondary N) is 1. The normalized spacial score (nSPS) is 14.1. The van der Waals surface area contributed by atoms with Gasteiger partial charge in [0.15, 0.2) is 5.69 Å². The number of hydrogen-bond acceptors (Lipinski definition) is 6. The minimum atomic E-state index is -0.361. The molecule has 0 atom stereocenters. The van der Waals surface area contributed by atoms with Crippen molar-refractivity contribution in [3.8, 4) is 0 Å². The van der Waals surface area contributed by atoms with Crippen molar-refractivity contribution >= 4 is 5.97 Å². The van der Waals surface area contributed by atoms with Gasteiger partial charge in [0.05, 0.1) is 12.8 Å². The zero-order valence-electron chi connectivity index (χ0n) is 13.1. The molecule has 0 radical (unpaired) electrons. The molecular weight excluding hydrogens is 268 g/mol. The van der Waals surface area contributed by atoms with E-state index < -0.39 is 0 Å². The standard InChI is InChI=1S/C15H24N4O2/c1-4-19(5-2)9-7-13-17-12-10-16-8-6-11(12)14(18-13)15(20)21-3/h16H,4-10H2,1-3H3. The molecule has 0 saturated heterocycles. The fourth-order valence-electron chi connectivity index (χ4n) is 2.59. The molecule has 0 fully saturated rings. The number of fused-ring (bicyclic) bond motifs is 1. The maximum absolute atomic E-state index is 11.9. The van der Waals surface area contributed by atoms with Crippen LogP contribution in [-0.2, 0) is 24.1 Å². The summed E-state index contributed by atoms with van der Waals surface area (Å²) >= 11 is 0. The molecule has 0 bridgehead atoms. The van der Waals surface area contributed by atoms with Gasteiger partial charge in [-0.2, -0.15) is 0 Å². The monoisotopic (exact) mass is 292 g/mol. The lowest BCUT2D eigenvalue weighted by Gasteiger charge is -2.20. The third kappa shape index (κ3) is 3.77. The second-order valence-corrected chi connectivity index (χ2v) is 5.11. The number of likely N-dealkylation sites (N-methyl/N-ethyl adjacent to an activating group) is 1. The first-order chi connectivity index (χ1) is 10.2. The van der Waals surface area contributed by atoms with Gasteiger partial charge in [-0.05, 0) is 26.1 Å². The van der Waals surface area contributed by atoms with Crippen LogP contribution in [0, 0.1) is 0 Å². The summed E-state index contributed by atoms with van der Waals surface area (Å²) in [7, 11) is 1.40. The van der Waals surface area contributed by atoms with Crippen LogP contribution in [0.1, 0.15) is 41.4 Å². The maximum Gasteiger partial charge on any atom is 0.357 e. The average molecular weight is 292 g/mol. The van der Waals surface area contributed by atoms with Crippen molar-refractivity contribution in [2.75, 3.05) is 33.3 Å². The van der Waals surface area contributed by atoms with E-state index in [1.807, 2.05) is 0 Å². The van der Waals surface area contributed by atoms with Crippen LogP contribution in [0.3, 0.4) is 0 Å². The molecule has 1 aliphatic heterocycles. The number of nitrogens with zero attached hydrogens (tertiary/aromatic N) is 3. The molecule has 1 aliphatic rings. The van der Waals surface area contributed by atoms with Crippen LogP contribution in [0.4, 0.5) is 0 Å². The van der Waals surface area contributed by atoms with Gasteiger partial charge in [0.1, 0.15) is 5.82 Å². The molecule has 1 aromatic rings. The molecule has 0 spiro atoms. The summed E-state index contributed by atoms with van der Waals surface area (Å²) in [6.45, 7) is 8.74. The number of hydrogen-bond donors (Lipinski definition) is 1. The molecule has 6 nitrogen and oxygen atoms in total. The summed E-state index contributed by atoms with van der Waals surface area (Å²) < 4.78 is 4.87. The van der Waals surface area contributed by atoms with Crippen molar-refractivity contribution in [3.05, 3.63) is 22.8 Å². The lowest BCUT2D eigenvalue weighted by atomic mass is 10.0. The minimum Gasteiger partial charge on any atom is -0.464 e. The lowest BCUT2D eigenvalue weighted by molar-refractivity contribution is 0.0591. The van der Waals surface area contributed by atoms with E-state index in [0.717, 1.165) is 56.1 Å². The van der Waals surface area contributed by atoms with Crippen LogP contribution in [0.2, 0.25) is 0 Å². The van der Waals surface area contributed by atoms with Gasteiger partial charge in [-0.3, -0.25) is 0 Å². The Morgan fingerprint density at radius 1 is 1.33 bits per heavy atom. The molecule has 2 heterocycles. The van der Waals surface area contributed by atoms with Crippen molar-refractivity contribution < 1.29 is 9.53 Å². The molecule has 1 aromatic heterocycles. The largest absolute Gasteiger partial charge is 0.464 e. The number of carbonyl (C=O) groups is 1. The van der Waals surface area contributed by atoms with Gasteiger partial charge in [0, 0.05) is 25.1 Å². The minimum absolute atomic E-state index is 0.361. The quantitative estimate of drug-likeness (QED) is 0.782. The Morgan fingerprint density at radius 3 is 2.76 bits per heavy atom. The van der Waals surface area contributed by atoms with Crippen LogP contribution in [0.25, 0.3) is 0 Å². The highest BCUT2D eigenvalue weighted by atomic mass is 16.5. The fourth-order valence-corrected chi connectivity index (χ4v) is 2.59. The van der Waals surface area contributed by atoms with E-state index in [-0.39, 0.29) is 5.97 Å². The first-order valence-electron chi connectivity index (χ1n) is 7.59. The van der Waals surface area contributed by atoms with Crippen LogP contribution in [0.15, 0.2) is 0 Å². The molecular formula is C15H24N4O2. The number of ether oxygens (including phenoxy) is 1. The number of rotatable bonds is 6. The maximum atomic E-state index is 11.9. The van der Waals surface area contributed by atoms with Gasteiger partial charge in [0.2, 0.25) is 0 Å². The second kappa shape index (κ2) is 7.47. The highest BCUT2D eigenvalue weighted by molar-refractivity contribution is 5.89. The van der Waals surface area contributed by atoms with E-state index in [1.165, 1.54) is 7.11 Å². The highest BCUT2D eigenvalue weighted by Gasteiger charge is 2.22. The summed E-state index contributed by atoms with van der Waals surface area (Å²) in [5.74, 6) is 0.365. The summed E-state index contributed by atoms with van der Waals surface area (Å²) in [5, 5.41) is 3.29. The smallest absolute Gasteiger partial charge is 0.357 e. The Hall–Kier alpha value is -1.53. The van der Waals surface area contributed by atoms with Gasteiger partial charge in [0.25, 0.3) is 0 Å². The summed E-state index contributed by atoms with van der Waals surface area (Å²) in [6.07, 6.45) is 1.52. The molecule has 2 rings (SSSR count). The zero-order chi connectivity index (χ0) is 15.2. The van der Waals surface area contributed by atoms with Gasteiger partial charge in [-0.1, -0.05) is 13.8 Å². The van der Waals surface area contributed by atoms with Crippen LogP contribution in [-0.4, -0.2) is 54.1 Å². The first-order valence-corrected chi connectivity index (χ1v) is 7.59. The molecule has 116 valence electrons. The molecule has 0 aromatic carbocycles. The average Bonchev–Trinajstić information content (AvgIpc) is 2.54. The third-order valence-corrected chi connectivity index (χ3v) is 3.91. The third-order valence-electron chi connectivity index (χ3n) is 3.91. The number of esters is 1. The summed E-state index contributed by atoms with van der Waals surface area (Å²) in [5.41, 5.74) is 2.32. The summed E-state index contributed by atoms with van der Waals surface area (Å²) in [4.78, 5) is 23.3. The fraction of sp³-hybridized carbons (Fsp3) is 0.667. The molecule has 1 N–H and O–H groups in total. The number of aromatic nitrogens is 2. The van der Waals surface area contributed by atoms with Crippen molar-refractivity contribution in [1.29, 1.82) is 0 Å². The molecule has 0 unspecified atom stereocenters. The Bertz CT molecular complexity index is 501. The van der Waals surface area contributed by atoms with Gasteiger partial charge < -0.3 is 15.0 Å². The number of methoxy groups -OCH3 is 1. The molecule has 6 heteroatoms. The van der Waals surface area contributed by atoms with Gasteiger partial charge in [-0.25, -0.2) is 14.8 Å². The van der Waals surface area contributed by atoms with E-state index >= 15 is 0 Å². The van der Waals surface area contributed by atoms with E-state index in [2.05, 4.69) is 34.0 Å². The van der Waals surface area contributed by atoms with Crippen LogP contribution >= 0.6 is 0 Å². The van der Waals surface area contributed by atoms with Crippen molar-refractivity contribution in [3.63, 3.8) is 0 Å². The molecule has 0 amide bonds. The SMILES string of the molecule is CCN(CC)CCc1nc2c(c(C(=O)OC)n1)CCNC2. The summed E-state index contributed by atoms with van der Waals surface area (Å²) in [6, 6.07) is 0. The van der Waals surface area contributed by atoms with Crippen molar-refractivity contribution in [2.24, 2.45) is 0 Å². The second-order valence-electron chi connectivity index (χ2n) is 5.11. The predicted octanol–water partition coefficient (Wildman–Crippen LogP) is 0.793. The van der Waals surface area contributed by atoms with E-state index in [9.17, 15) is 4.79 Å². The Kier molecular flexibility index (Phi) is 5.64. The van der Waals surface area contributed by atoms with E-state index in [1.54, 1.807) is 0 Å². The number of carbonyl (C=O) groups excluding carboxylic acids is 1. The lowest BCUT2D eigenvalue weighted by Crippen LogP contribution is -2.30. The predicted molar refractivity (Wildman–Crippen MR) is 80.3 cm³/mol. The Morgan fingerprint density at radius 2 is 2.10 bits per heavy atom. The molecule has 21 heavy (non-hydrogen) atoms. The van der Waals surface area contributed by atoms with Crippen LogP contribution in [0.5, 0.6) is 0 Å².